The van der Waals surface area contributed by atoms with E-state index in [0.717, 1.165) is 16.7 Å². The molecule has 2 heterocycles. The van der Waals surface area contributed by atoms with Crippen molar-refractivity contribution in [3.63, 3.8) is 0 Å². The van der Waals surface area contributed by atoms with Gasteiger partial charge in [-0.3, -0.25) is 9.59 Å². The molecule has 0 aromatic heterocycles. The molecule has 0 aliphatic carbocycles. The van der Waals surface area contributed by atoms with E-state index in [1.165, 1.54) is 11.0 Å². The van der Waals surface area contributed by atoms with Crippen LogP contribution in [0, 0.1) is 0 Å². The molecule has 8 nitrogen and oxygen atoms in total. The largest absolute Gasteiger partial charge is 0.339 e. The van der Waals surface area contributed by atoms with Crippen LogP contribution in [0.2, 0.25) is 0 Å². The van der Waals surface area contributed by atoms with Gasteiger partial charge in [0.1, 0.15) is 0 Å². The number of benzene rings is 1. The summed E-state index contributed by atoms with van der Waals surface area (Å²) in [5.41, 5.74) is 0.713. The summed E-state index contributed by atoms with van der Waals surface area (Å²) in [6.07, 6.45) is 4.90. The maximum absolute atomic E-state index is 12.6. The highest BCUT2D eigenvalue weighted by Crippen LogP contribution is 2.23. The van der Waals surface area contributed by atoms with Crippen LogP contribution < -0.4 is 5.32 Å². The minimum absolute atomic E-state index is 0.0828. The van der Waals surface area contributed by atoms with Gasteiger partial charge in [0, 0.05) is 37.4 Å². The topological polar surface area (TPSA) is 99.1 Å². The van der Waals surface area contributed by atoms with Crippen LogP contribution in [-0.4, -0.2) is 61.6 Å². The second-order valence-corrected chi connectivity index (χ2v) is 8.84. The van der Waals surface area contributed by atoms with Crippen molar-refractivity contribution in [2.45, 2.75) is 4.90 Å². The van der Waals surface area contributed by atoms with Crippen molar-refractivity contribution in [2.75, 3.05) is 31.7 Å². The normalized spacial score (nSPS) is 17.5. The Kier molecular flexibility index (Phi) is 5.38. The molecule has 1 aromatic carbocycles. The lowest BCUT2D eigenvalue weighted by atomic mass is 10.1. The number of allylic oxidation sites excluding steroid dienone is 2. The first kappa shape index (κ1) is 19.2. The molecule has 3 rings (SSSR count). The molecule has 10 heteroatoms. The van der Waals surface area contributed by atoms with Crippen LogP contribution in [0.1, 0.15) is 0 Å². The fourth-order valence-corrected chi connectivity index (χ4v) is 4.03. The number of rotatable bonds is 3. The summed E-state index contributed by atoms with van der Waals surface area (Å²) in [6, 6.07) is 6.82. The van der Waals surface area contributed by atoms with Crippen molar-refractivity contribution >= 4 is 44.5 Å². The number of hydrogen-bond acceptors (Lipinski definition) is 6. The summed E-state index contributed by atoms with van der Waals surface area (Å²) in [5.74, 6) is -0.407. The van der Waals surface area contributed by atoms with E-state index in [4.69, 9.17) is 0 Å². The number of carbonyl (C=O) groups is 2. The van der Waals surface area contributed by atoms with Gasteiger partial charge in [-0.25, -0.2) is 8.42 Å². The van der Waals surface area contributed by atoms with Crippen LogP contribution in [-0.2, 0) is 14.8 Å². The monoisotopic (exact) mass is 406 g/mol. The molecule has 1 N–H and O–H groups in total. The van der Waals surface area contributed by atoms with Crippen molar-refractivity contribution in [2.24, 2.45) is 4.40 Å². The first-order valence-corrected chi connectivity index (χ1v) is 10.5. The summed E-state index contributed by atoms with van der Waals surface area (Å²) in [4.78, 5) is 28.2. The first-order valence-electron chi connectivity index (χ1n) is 8.04. The molecule has 0 bridgehead atoms. The predicted molar refractivity (Wildman–Crippen MR) is 105 cm³/mol. The fourth-order valence-electron chi connectivity index (χ4n) is 2.39. The van der Waals surface area contributed by atoms with Crippen molar-refractivity contribution < 1.29 is 18.0 Å². The van der Waals surface area contributed by atoms with Gasteiger partial charge in [0.2, 0.25) is 0 Å². The maximum Gasteiger partial charge on any atom is 0.285 e. The van der Waals surface area contributed by atoms with Gasteiger partial charge in [-0.2, -0.15) is 0 Å². The summed E-state index contributed by atoms with van der Waals surface area (Å²) in [6.45, 7) is 0.258. The number of hydrogen-bond donors (Lipinski definition) is 1. The summed E-state index contributed by atoms with van der Waals surface area (Å²) in [5, 5.41) is 2.63. The molecular weight excluding hydrogens is 388 g/mol. The Hall–Kier alpha value is -2.59. The zero-order valence-electron chi connectivity index (χ0n) is 14.7. The molecule has 2 aliphatic heterocycles. The van der Waals surface area contributed by atoms with Crippen molar-refractivity contribution in [1.82, 2.24) is 9.80 Å². The van der Waals surface area contributed by atoms with Crippen LogP contribution in [0.15, 0.2) is 57.5 Å². The molecule has 0 radical (unpaired) electrons. The Bertz CT molecular complexity index is 963. The lowest BCUT2D eigenvalue weighted by molar-refractivity contribution is -0.112. The van der Waals surface area contributed by atoms with Crippen LogP contribution in [0.3, 0.4) is 0 Å². The van der Waals surface area contributed by atoms with Gasteiger partial charge < -0.3 is 15.1 Å². The van der Waals surface area contributed by atoms with E-state index in [1.807, 2.05) is 0 Å². The third-order valence-corrected chi connectivity index (χ3v) is 5.98. The lowest BCUT2D eigenvalue weighted by Gasteiger charge is -2.28. The van der Waals surface area contributed by atoms with Gasteiger partial charge >= 0.3 is 0 Å². The average Bonchev–Trinajstić information content (AvgIpc) is 2.62. The van der Waals surface area contributed by atoms with Gasteiger partial charge in [-0.15, -0.1) is 4.40 Å². The molecular formula is C17H18N4O4S2. The first-order chi connectivity index (χ1) is 12.7. The molecule has 0 saturated heterocycles. The number of nitrogens with one attached hydrogen (secondary N) is 1. The Morgan fingerprint density at radius 2 is 1.93 bits per heavy atom. The van der Waals surface area contributed by atoms with Crippen LogP contribution in [0.5, 0.6) is 0 Å². The average molecular weight is 406 g/mol. The second kappa shape index (κ2) is 7.57. The van der Waals surface area contributed by atoms with E-state index >= 15 is 0 Å². The fraction of sp³-hybridized carbons (Fsp3) is 0.235. The van der Waals surface area contributed by atoms with E-state index in [-0.39, 0.29) is 28.9 Å². The van der Waals surface area contributed by atoms with Crippen LogP contribution in [0.25, 0.3) is 0 Å². The Morgan fingerprint density at radius 3 is 2.59 bits per heavy atom. The molecule has 0 unspecified atom stereocenters. The molecule has 0 atom stereocenters. The molecule has 0 saturated carbocycles. The number of amidine groups is 1. The number of fused-ring (bicyclic) bond motifs is 1. The van der Waals surface area contributed by atoms with Crippen molar-refractivity contribution in [3.8, 4) is 0 Å². The van der Waals surface area contributed by atoms with Gasteiger partial charge in [0.05, 0.1) is 11.3 Å². The zero-order valence-corrected chi connectivity index (χ0v) is 16.4. The molecule has 2 aliphatic rings. The number of thioether (sulfide) groups is 1. The van der Waals surface area contributed by atoms with Crippen molar-refractivity contribution in [1.29, 1.82) is 0 Å². The van der Waals surface area contributed by atoms with Gasteiger partial charge in [-0.1, -0.05) is 0 Å². The van der Waals surface area contributed by atoms with E-state index in [2.05, 4.69) is 9.71 Å². The number of anilines is 1. The highest BCUT2D eigenvalue weighted by Gasteiger charge is 2.29. The highest BCUT2D eigenvalue weighted by atomic mass is 32.2. The minimum atomic E-state index is -3.56. The molecule has 2 amide bonds. The number of carbonyl (C=O) groups excluding carboxylic acids is 2. The Balaban J connectivity index is 1.73. The van der Waals surface area contributed by atoms with Gasteiger partial charge in [-0.05, 0) is 48.2 Å². The molecule has 0 spiro atoms. The van der Waals surface area contributed by atoms with Crippen LogP contribution >= 0.6 is 11.8 Å². The number of amides is 2. The Labute approximate surface area is 161 Å². The van der Waals surface area contributed by atoms with Crippen LogP contribution in [0.4, 0.5) is 10.5 Å². The molecule has 27 heavy (non-hydrogen) atoms. The standard InChI is InChI=1S/C17H18N4O4S2/c1-20(2)17(23)26-13-7-5-12(6-8-13)18-16(22)14-4-3-9-21-10-11-27(24,25)19-15(14)21/h3-9H,10-11H2,1-2H3,(H,18,22). The highest BCUT2D eigenvalue weighted by molar-refractivity contribution is 8.13. The summed E-state index contributed by atoms with van der Waals surface area (Å²) < 4.78 is 27.3. The second-order valence-electron chi connectivity index (χ2n) is 6.06. The SMILES string of the molecule is CN(C)C(=O)Sc1ccc(NC(=O)C2=CC=CN3CCS(=O)(=O)N=C23)cc1. The van der Waals surface area contributed by atoms with E-state index in [0.29, 0.717) is 5.69 Å². The predicted octanol–water partition coefficient (Wildman–Crippen LogP) is 1.90. The lowest BCUT2D eigenvalue weighted by Crippen LogP contribution is -2.40. The number of nitrogens with zero attached hydrogens (tertiary/aromatic N) is 3. The van der Waals surface area contributed by atoms with E-state index < -0.39 is 15.9 Å². The van der Waals surface area contributed by atoms with E-state index in [1.54, 1.807) is 55.5 Å². The van der Waals surface area contributed by atoms with Crippen molar-refractivity contribution in [3.05, 3.63) is 48.2 Å². The van der Waals surface area contributed by atoms with E-state index in [9.17, 15) is 18.0 Å². The van der Waals surface area contributed by atoms with Gasteiger partial charge in [0.25, 0.3) is 21.2 Å². The quantitative estimate of drug-likeness (QED) is 0.770. The maximum atomic E-state index is 12.6. The third-order valence-electron chi connectivity index (χ3n) is 3.78. The summed E-state index contributed by atoms with van der Waals surface area (Å²) >= 11 is 1.08. The molecule has 0 fully saturated rings. The zero-order chi connectivity index (χ0) is 19.6. The minimum Gasteiger partial charge on any atom is -0.339 e. The molecule has 142 valence electrons. The Morgan fingerprint density at radius 1 is 1.22 bits per heavy atom. The molecule has 1 aromatic rings. The number of sulfonamides is 1. The smallest absolute Gasteiger partial charge is 0.285 e. The summed E-state index contributed by atoms with van der Waals surface area (Å²) in [7, 11) is -0.215. The third kappa shape index (κ3) is 4.58. The van der Waals surface area contributed by atoms with Gasteiger partial charge in [0.15, 0.2) is 5.84 Å².